The Labute approximate surface area is 195 Å². The zero-order chi connectivity index (χ0) is 23.9. The second-order valence-corrected chi connectivity index (χ2v) is 11.8. The third-order valence-corrected chi connectivity index (χ3v) is 11.0. The number of halogens is 2. The zero-order valence-corrected chi connectivity index (χ0v) is 20.3. The van der Waals surface area contributed by atoms with Crippen LogP contribution in [0.15, 0.2) is 23.8 Å². The molecule has 0 spiro atoms. The highest BCUT2D eigenvalue weighted by Crippen LogP contribution is 2.72. The number of hydrogen-bond acceptors (Lipinski definition) is 6. The van der Waals surface area contributed by atoms with Crippen LogP contribution in [0, 0.1) is 28.6 Å². The van der Waals surface area contributed by atoms with E-state index in [2.05, 4.69) is 15.9 Å². The minimum Gasteiger partial charge on any atom is -0.458 e. The van der Waals surface area contributed by atoms with E-state index in [1.807, 2.05) is 6.92 Å². The number of aliphatic hydroxyl groups excluding tert-OH is 1. The zero-order valence-electron chi connectivity index (χ0n) is 18.7. The summed E-state index contributed by atoms with van der Waals surface area (Å²) in [7, 11) is 0. The minimum atomic E-state index is -1.82. The van der Waals surface area contributed by atoms with Crippen LogP contribution >= 0.6 is 15.9 Å². The fraction of sp³-hybridized carbons (Fsp3) is 0.708. The summed E-state index contributed by atoms with van der Waals surface area (Å²) >= 11 is 3.83. The van der Waals surface area contributed by atoms with Gasteiger partial charge in [0, 0.05) is 17.8 Å². The number of aliphatic hydroxyl groups is 2. The first-order valence-corrected chi connectivity index (χ1v) is 11.9. The molecule has 0 aromatic carbocycles. The van der Waals surface area contributed by atoms with Crippen molar-refractivity contribution in [3.63, 3.8) is 0 Å². The third kappa shape index (κ3) is 2.78. The highest BCUT2D eigenvalue weighted by atomic mass is 79.9. The van der Waals surface area contributed by atoms with E-state index in [0.717, 1.165) is 0 Å². The average Bonchev–Trinajstić information content (AvgIpc) is 2.91. The van der Waals surface area contributed by atoms with Crippen LogP contribution in [0.1, 0.15) is 47.0 Å². The number of fused-ring (bicyclic) bond motifs is 5. The SMILES string of the molecule is CC(=O)OCC(=O)[C@@]1(O)[C@H](C)C[C@@H]2[C@@H]3C[C@H](F)C4=CC(=O)C=C[C@]4(C)[C@@]3(Br)[C@H](O)C[C@]21C. The van der Waals surface area contributed by atoms with Crippen molar-refractivity contribution in [1.29, 1.82) is 0 Å². The number of carbonyl (C=O) groups is 3. The monoisotopic (exact) mass is 512 g/mol. The second kappa shape index (κ2) is 7.31. The summed E-state index contributed by atoms with van der Waals surface area (Å²) in [5.74, 6) is -2.62. The van der Waals surface area contributed by atoms with Gasteiger partial charge in [-0.2, -0.15) is 0 Å². The molecule has 0 saturated heterocycles. The molecule has 0 unspecified atom stereocenters. The molecule has 2 N–H and O–H groups in total. The topological polar surface area (TPSA) is 101 Å². The smallest absolute Gasteiger partial charge is 0.303 e. The second-order valence-electron chi connectivity index (χ2n) is 10.5. The van der Waals surface area contributed by atoms with Crippen molar-refractivity contribution in [2.75, 3.05) is 6.61 Å². The molecule has 4 rings (SSSR count). The Morgan fingerprint density at radius 1 is 1.28 bits per heavy atom. The van der Waals surface area contributed by atoms with Gasteiger partial charge in [-0.3, -0.25) is 14.4 Å². The van der Waals surface area contributed by atoms with Gasteiger partial charge < -0.3 is 14.9 Å². The molecule has 9 atom stereocenters. The molecular weight excluding hydrogens is 483 g/mol. The molecule has 0 aliphatic heterocycles. The molecule has 3 fully saturated rings. The molecule has 6 nitrogen and oxygen atoms in total. The van der Waals surface area contributed by atoms with E-state index in [9.17, 15) is 24.6 Å². The van der Waals surface area contributed by atoms with Crippen molar-refractivity contribution in [3.05, 3.63) is 23.8 Å². The van der Waals surface area contributed by atoms with Crippen molar-refractivity contribution in [2.24, 2.45) is 28.6 Å². The largest absolute Gasteiger partial charge is 0.458 e. The van der Waals surface area contributed by atoms with Gasteiger partial charge in [-0.15, -0.1) is 0 Å². The molecule has 4 aliphatic rings. The van der Waals surface area contributed by atoms with Crippen molar-refractivity contribution >= 4 is 33.5 Å². The van der Waals surface area contributed by atoms with Gasteiger partial charge in [0.25, 0.3) is 0 Å². The Morgan fingerprint density at radius 3 is 2.56 bits per heavy atom. The summed E-state index contributed by atoms with van der Waals surface area (Å²) in [5.41, 5.74) is -3.43. The number of ketones is 2. The number of hydrogen-bond donors (Lipinski definition) is 2. The van der Waals surface area contributed by atoms with E-state index in [1.54, 1.807) is 19.9 Å². The summed E-state index contributed by atoms with van der Waals surface area (Å²) in [6.45, 7) is 6.04. The van der Waals surface area contributed by atoms with Gasteiger partial charge in [-0.1, -0.05) is 42.8 Å². The van der Waals surface area contributed by atoms with E-state index in [4.69, 9.17) is 4.74 Å². The van der Waals surface area contributed by atoms with Gasteiger partial charge in [-0.05, 0) is 54.7 Å². The molecule has 0 radical (unpaired) electrons. The molecule has 4 aliphatic carbocycles. The molecule has 3 saturated carbocycles. The fourth-order valence-electron chi connectivity index (χ4n) is 7.41. The van der Waals surface area contributed by atoms with Gasteiger partial charge in [0.2, 0.25) is 5.78 Å². The first-order chi connectivity index (χ1) is 14.7. The van der Waals surface area contributed by atoms with Gasteiger partial charge in [0.05, 0.1) is 10.4 Å². The maximum atomic E-state index is 15.5. The van der Waals surface area contributed by atoms with Crippen molar-refractivity contribution in [1.82, 2.24) is 0 Å². The highest BCUT2D eigenvalue weighted by molar-refractivity contribution is 9.10. The lowest BCUT2D eigenvalue weighted by molar-refractivity contribution is -0.182. The first-order valence-electron chi connectivity index (χ1n) is 11.1. The Hall–Kier alpha value is -1.38. The predicted molar refractivity (Wildman–Crippen MR) is 118 cm³/mol. The number of rotatable bonds is 3. The molecule has 32 heavy (non-hydrogen) atoms. The van der Waals surface area contributed by atoms with Gasteiger partial charge in [0.15, 0.2) is 12.4 Å². The first kappa shape index (κ1) is 23.8. The molecule has 176 valence electrons. The van der Waals surface area contributed by atoms with Crippen molar-refractivity contribution in [2.45, 2.75) is 69.2 Å². The van der Waals surface area contributed by atoms with E-state index in [-0.39, 0.29) is 24.5 Å². The minimum absolute atomic E-state index is 0.0754. The van der Waals surface area contributed by atoms with Crippen LogP contribution in [0.2, 0.25) is 0 Å². The molecule has 0 amide bonds. The molecule has 0 aromatic heterocycles. The predicted octanol–water partition coefficient (Wildman–Crippen LogP) is 2.84. The molecule has 0 aromatic rings. The number of ether oxygens (including phenoxy) is 1. The number of carbonyl (C=O) groups excluding carboxylic acids is 3. The molecule has 0 heterocycles. The lowest BCUT2D eigenvalue weighted by Crippen LogP contribution is -2.70. The Balaban J connectivity index is 1.79. The maximum absolute atomic E-state index is 15.5. The summed E-state index contributed by atoms with van der Waals surface area (Å²) in [6.07, 6.45) is 2.68. The van der Waals surface area contributed by atoms with E-state index >= 15 is 4.39 Å². The third-order valence-electron chi connectivity index (χ3n) is 9.04. The molecule has 8 heteroatoms. The van der Waals surface area contributed by atoms with Crippen LogP contribution in [0.5, 0.6) is 0 Å². The molecular formula is C24H30BrFO6. The summed E-state index contributed by atoms with van der Waals surface area (Å²) in [6, 6.07) is 0. The summed E-state index contributed by atoms with van der Waals surface area (Å²) in [4.78, 5) is 36.4. The van der Waals surface area contributed by atoms with Crippen LogP contribution in [0.4, 0.5) is 4.39 Å². The normalized spacial score (nSPS) is 49.6. The van der Waals surface area contributed by atoms with Crippen molar-refractivity contribution in [3.8, 4) is 0 Å². The number of alkyl halides is 2. The fourth-order valence-corrected chi connectivity index (χ4v) is 8.44. The summed E-state index contributed by atoms with van der Waals surface area (Å²) < 4.78 is 19.4. The van der Waals surface area contributed by atoms with Crippen LogP contribution in [-0.2, 0) is 19.1 Å². The van der Waals surface area contributed by atoms with Crippen LogP contribution < -0.4 is 0 Å². The number of esters is 1. The molecule has 0 bridgehead atoms. The Bertz CT molecular complexity index is 947. The maximum Gasteiger partial charge on any atom is 0.303 e. The van der Waals surface area contributed by atoms with E-state index < -0.39 is 63.2 Å². The van der Waals surface area contributed by atoms with Crippen molar-refractivity contribution < 1.29 is 33.7 Å². The highest BCUT2D eigenvalue weighted by Gasteiger charge is 2.75. The quantitative estimate of drug-likeness (QED) is 0.445. The standard InChI is InChI=1S/C24H30BrFO6/c1-12-7-15-16-9-18(26)17-8-14(28)5-6-21(17,3)23(16,25)19(29)10-22(15,4)24(12,31)20(30)11-32-13(2)27/h5-6,8,12,15-16,18-19,29,31H,7,9-11H2,1-4H3/t12-,15-,16+,18+,19-,21+,22-,23+,24+/m1/s1. The lowest BCUT2D eigenvalue weighted by atomic mass is 9.45. The van der Waals surface area contributed by atoms with Crippen LogP contribution in [0.3, 0.4) is 0 Å². The van der Waals surface area contributed by atoms with E-state index in [1.165, 1.54) is 19.1 Å². The number of allylic oxidation sites excluding steroid dienone is 4. The average molecular weight is 513 g/mol. The summed E-state index contributed by atoms with van der Waals surface area (Å²) in [5, 5.41) is 23.3. The number of Topliss-reactive ketones (excluding diaryl/α,β-unsaturated/α-hetero) is 1. The van der Waals surface area contributed by atoms with Gasteiger partial charge >= 0.3 is 5.97 Å². The Kier molecular flexibility index (Phi) is 5.43. The lowest BCUT2D eigenvalue weighted by Gasteiger charge is -2.64. The van der Waals surface area contributed by atoms with E-state index in [0.29, 0.717) is 12.0 Å². The van der Waals surface area contributed by atoms with Gasteiger partial charge in [-0.25, -0.2) is 4.39 Å². The Morgan fingerprint density at radius 2 is 1.94 bits per heavy atom. The van der Waals surface area contributed by atoms with Crippen LogP contribution in [0.25, 0.3) is 0 Å². The van der Waals surface area contributed by atoms with Gasteiger partial charge in [0.1, 0.15) is 11.8 Å². The van der Waals surface area contributed by atoms with Crippen LogP contribution in [-0.4, -0.2) is 56.6 Å².